The quantitative estimate of drug-likeness (QED) is 0.783. The number of benzene rings is 1. The Kier molecular flexibility index (Phi) is 2.93. The number of hydrogen-bond donors (Lipinski definition) is 0. The summed E-state index contributed by atoms with van der Waals surface area (Å²) < 4.78 is 7.07. The standard InChI is InChI=1S/C13H12N2O/c1-16-13-6-2-4-11(8-13)10-15-7-3-5-12(15)9-14/h2-8H,10H2,1H3. The topological polar surface area (TPSA) is 38.0 Å². The summed E-state index contributed by atoms with van der Waals surface area (Å²) in [5.41, 5.74) is 1.79. The second kappa shape index (κ2) is 4.54. The zero-order valence-electron chi connectivity index (χ0n) is 9.05. The number of methoxy groups -OCH3 is 1. The first-order valence-electron chi connectivity index (χ1n) is 5.01. The minimum Gasteiger partial charge on any atom is -0.497 e. The van der Waals surface area contributed by atoms with Gasteiger partial charge in [0.25, 0.3) is 0 Å². The average Bonchev–Trinajstić information content (AvgIpc) is 2.76. The Bertz CT molecular complexity index is 523. The molecule has 1 aromatic carbocycles. The van der Waals surface area contributed by atoms with Crippen LogP contribution in [0.25, 0.3) is 0 Å². The van der Waals surface area contributed by atoms with Crippen molar-refractivity contribution in [2.45, 2.75) is 6.54 Å². The van der Waals surface area contributed by atoms with Crippen LogP contribution < -0.4 is 4.74 Å². The van der Waals surface area contributed by atoms with Crippen molar-refractivity contribution < 1.29 is 4.74 Å². The van der Waals surface area contributed by atoms with Crippen LogP contribution in [0.2, 0.25) is 0 Å². The highest BCUT2D eigenvalue weighted by molar-refractivity contribution is 5.30. The van der Waals surface area contributed by atoms with Gasteiger partial charge in [0, 0.05) is 12.7 Å². The predicted molar refractivity (Wildman–Crippen MR) is 61.2 cm³/mol. The molecular formula is C13H12N2O. The van der Waals surface area contributed by atoms with Gasteiger partial charge in [0.2, 0.25) is 0 Å². The van der Waals surface area contributed by atoms with E-state index in [4.69, 9.17) is 10.00 Å². The third-order valence-corrected chi connectivity index (χ3v) is 2.43. The van der Waals surface area contributed by atoms with Crippen molar-refractivity contribution in [3.05, 3.63) is 53.9 Å². The Hall–Kier alpha value is -2.21. The Labute approximate surface area is 94.5 Å². The maximum Gasteiger partial charge on any atom is 0.120 e. The van der Waals surface area contributed by atoms with Crippen LogP contribution in [-0.4, -0.2) is 11.7 Å². The van der Waals surface area contributed by atoms with Crippen molar-refractivity contribution >= 4 is 0 Å². The van der Waals surface area contributed by atoms with Crippen molar-refractivity contribution in [3.8, 4) is 11.8 Å². The monoisotopic (exact) mass is 212 g/mol. The van der Waals surface area contributed by atoms with Gasteiger partial charge in [-0.25, -0.2) is 0 Å². The molecule has 0 N–H and O–H groups in total. The summed E-state index contributed by atoms with van der Waals surface area (Å²) in [6, 6.07) is 13.7. The highest BCUT2D eigenvalue weighted by atomic mass is 16.5. The summed E-state index contributed by atoms with van der Waals surface area (Å²) in [5.74, 6) is 0.836. The van der Waals surface area contributed by atoms with Crippen LogP contribution in [0.3, 0.4) is 0 Å². The van der Waals surface area contributed by atoms with E-state index in [0.29, 0.717) is 12.2 Å². The molecule has 0 fully saturated rings. The van der Waals surface area contributed by atoms with E-state index in [1.165, 1.54) is 0 Å². The van der Waals surface area contributed by atoms with Gasteiger partial charge in [0.15, 0.2) is 0 Å². The predicted octanol–water partition coefficient (Wildman–Crippen LogP) is 2.42. The molecule has 0 aliphatic rings. The lowest BCUT2D eigenvalue weighted by molar-refractivity contribution is 0.414. The van der Waals surface area contributed by atoms with Gasteiger partial charge in [0.1, 0.15) is 17.5 Å². The zero-order valence-corrected chi connectivity index (χ0v) is 9.05. The molecule has 3 heteroatoms. The molecule has 0 unspecified atom stereocenters. The van der Waals surface area contributed by atoms with Crippen molar-refractivity contribution in [1.29, 1.82) is 5.26 Å². The van der Waals surface area contributed by atoms with Crippen molar-refractivity contribution in [2.75, 3.05) is 7.11 Å². The smallest absolute Gasteiger partial charge is 0.120 e. The van der Waals surface area contributed by atoms with E-state index in [1.54, 1.807) is 13.2 Å². The second-order valence-electron chi connectivity index (χ2n) is 3.48. The van der Waals surface area contributed by atoms with Crippen LogP contribution in [0, 0.1) is 11.3 Å². The van der Waals surface area contributed by atoms with Gasteiger partial charge >= 0.3 is 0 Å². The van der Waals surface area contributed by atoms with E-state index in [1.807, 2.05) is 41.1 Å². The Morgan fingerprint density at radius 3 is 2.94 bits per heavy atom. The summed E-state index contributed by atoms with van der Waals surface area (Å²) in [6.45, 7) is 0.688. The minimum atomic E-state index is 0.669. The summed E-state index contributed by atoms with van der Waals surface area (Å²) in [6.07, 6.45) is 1.90. The van der Waals surface area contributed by atoms with E-state index >= 15 is 0 Å². The largest absolute Gasteiger partial charge is 0.497 e. The summed E-state index contributed by atoms with van der Waals surface area (Å²) in [5, 5.41) is 8.89. The molecule has 0 aliphatic carbocycles. The Morgan fingerprint density at radius 1 is 1.31 bits per heavy atom. The number of rotatable bonds is 3. The molecule has 3 nitrogen and oxygen atoms in total. The molecular weight excluding hydrogens is 200 g/mol. The van der Waals surface area contributed by atoms with E-state index in [2.05, 4.69) is 6.07 Å². The molecule has 1 aromatic heterocycles. The van der Waals surface area contributed by atoms with E-state index in [-0.39, 0.29) is 0 Å². The minimum absolute atomic E-state index is 0.669. The molecule has 0 radical (unpaired) electrons. The maximum absolute atomic E-state index is 8.89. The van der Waals surface area contributed by atoms with Crippen LogP contribution in [0.15, 0.2) is 42.6 Å². The van der Waals surface area contributed by atoms with Gasteiger partial charge in [0.05, 0.1) is 7.11 Å². The molecule has 0 bridgehead atoms. The second-order valence-corrected chi connectivity index (χ2v) is 3.48. The lowest BCUT2D eigenvalue weighted by Crippen LogP contribution is -2.00. The first kappa shape index (κ1) is 10.3. The van der Waals surface area contributed by atoms with Gasteiger partial charge in [-0.05, 0) is 29.8 Å². The van der Waals surface area contributed by atoms with Gasteiger partial charge < -0.3 is 9.30 Å². The molecule has 80 valence electrons. The Morgan fingerprint density at radius 2 is 2.19 bits per heavy atom. The number of nitriles is 1. The molecule has 0 spiro atoms. The summed E-state index contributed by atoms with van der Waals surface area (Å²) in [4.78, 5) is 0. The molecule has 0 atom stereocenters. The average molecular weight is 212 g/mol. The highest BCUT2D eigenvalue weighted by Gasteiger charge is 2.01. The maximum atomic E-state index is 8.89. The fourth-order valence-electron chi connectivity index (χ4n) is 1.62. The SMILES string of the molecule is COc1cccc(Cn2cccc2C#N)c1. The van der Waals surface area contributed by atoms with Crippen molar-refractivity contribution in [2.24, 2.45) is 0 Å². The molecule has 0 amide bonds. The highest BCUT2D eigenvalue weighted by Crippen LogP contribution is 2.14. The van der Waals surface area contributed by atoms with E-state index < -0.39 is 0 Å². The molecule has 2 rings (SSSR count). The van der Waals surface area contributed by atoms with Crippen LogP contribution >= 0.6 is 0 Å². The lowest BCUT2D eigenvalue weighted by atomic mass is 10.2. The van der Waals surface area contributed by atoms with Gasteiger partial charge in [-0.15, -0.1) is 0 Å². The molecule has 0 saturated heterocycles. The zero-order chi connectivity index (χ0) is 11.4. The molecule has 1 heterocycles. The fourth-order valence-corrected chi connectivity index (χ4v) is 1.62. The number of ether oxygens (including phenoxy) is 1. The van der Waals surface area contributed by atoms with Gasteiger partial charge in [-0.1, -0.05) is 12.1 Å². The van der Waals surface area contributed by atoms with Crippen molar-refractivity contribution in [1.82, 2.24) is 4.57 Å². The van der Waals surface area contributed by atoms with E-state index in [0.717, 1.165) is 11.3 Å². The fraction of sp³-hybridized carbons (Fsp3) is 0.154. The number of hydrogen-bond acceptors (Lipinski definition) is 2. The lowest BCUT2D eigenvalue weighted by Gasteiger charge is -2.06. The van der Waals surface area contributed by atoms with Gasteiger partial charge in [-0.3, -0.25) is 0 Å². The Balaban J connectivity index is 2.24. The first-order chi connectivity index (χ1) is 7.83. The summed E-state index contributed by atoms with van der Waals surface area (Å²) >= 11 is 0. The van der Waals surface area contributed by atoms with E-state index in [9.17, 15) is 0 Å². The van der Waals surface area contributed by atoms with Crippen molar-refractivity contribution in [3.63, 3.8) is 0 Å². The molecule has 0 saturated carbocycles. The van der Waals surface area contributed by atoms with Crippen LogP contribution in [0.4, 0.5) is 0 Å². The molecule has 2 aromatic rings. The number of nitrogens with zero attached hydrogens (tertiary/aromatic N) is 2. The molecule has 0 aliphatic heterocycles. The van der Waals surface area contributed by atoms with Crippen LogP contribution in [0.1, 0.15) is 11.3 Å². The first-order valence-corrected chi connectivity index (χ1v) is 5.01. The van der Waals surface area contributed by atoms with Crippen LogP contribution in [0.5, 0.6) is 5.75 Å². The normalized spacial score (nSPS) is 9.75. The van der Waals surface area contributed by atoms with Crippen LogP contribution in [-0.2, 0) is 6.54 Å². The van der Waals surface area contributed by atoms with Gasteiger partial charge in [-0.2, -0.15) is 5.26 Å². The number of aromatic nitrogens is 1. The molecule has 16 heavy (non-hydrogen) atoms. The third kappa shape index (κ3) is 2.06. The third-order valence-electron chi connectivity index (χ3n) is 2.43. The summed E-state index contributed by atoms with van der Waals surface area (Å²) in [7, 11) is 1.65.